The second kappa shape index (κ2) is 7.98. The molecule has 0 unspecified atom stereocenters. The molecule has 0 N–H and O–H groups in total. The number of nitrogens with zero attached hydrogens (tertiary/aromatic N) is 4. The van der Waals surface area contributed by atoms with Crippen molar-refractivity contribution in [2.24, 2.45) is 4.99 Å². The van der Waals surface area contributed by atoms with E-state index in [2.05, 4.69) is 21.7 Å². The van der Waals surface area contributed by atoms with Crippen LogP contribution in [-0.2, 0) is 6.54 Å². The first-order valence-electron chi connectivity index (χ1n) is 8.62. The minimum Gasteiger partial charge on any atom is -0.312 e. The standard InChI is InChI=1S/C21H16N4O2S/c26-25(27)19-10-8-17(9-11-19)20-15-28-21(23-18-7-4-12-22-13-18)24(20)14-16-5-2-1-3-6-16/h1-13,15H,14H2. The first-order valence-corrected chi connectivity index (χ1v) is 9.50. The van der Waals surface area contributed by atoms with Gasteiger partial charge in [-0.15, -0.1) is 11.3 Å². The number of non-ortho nitro benzene ring substituents is 1. The predicted octanol–water partition coefficient (Wildman–Crippen LogP) is 4.80. The Bertz CT molecular complexity index is 1150. The van der Waals surface area contributed by atoms with Crippen molar-refractivity contribution in [3.63, 3.8) is 0 Å². The Morgan fingerprint density at radius 2 is 1.82 bits per heavy atom. The maximum atomic E-state index is 10.9. The lowest BCUT2D eigenvalue weighted by molar-refractivity contribution is -0.384. The van der Waals surface area contributed by atoms with Gasteiger partial charge in [0.25, 0.3) is 5.69 Å². The van der Waals surface area contributed by atoms with Crippen LogP contribution in [0.25, 0.3) is 11.3 Å². The molecule has 0 aliphatic heterocycles. The number of benzene rings is 2. The molecule has 0 fully saturated rings. The van der Waals surface area contributed by atoms with Crippen molar-refractivity contribution in [3.8, 4) is 11.3 Å². The van der Waals surface area contributed by atoms with E-state index < -0.39 is 4.92 Å². The van der Waals surface area contributed by atoms with Gasteiger partial charge in [0.15, 0.2) is 4.80 Å². The second-order valence-corrected chi connectivity index (χ2v) is 6.94. The highest BCUT2D eigenvalue weighted by Gasteiger charge is 2.11. The molecule has 0 spiro atoms. The van der Waals surface area contributed by atoms with Crippen molar-refractivity contribution in [1.82, 2.24) is 9.55 Å². The van der Waals surface area contributed by atoms with Gasteiger partial charge in [-0.25, -0.2) is 4.99 Å². The van der Waals surface area contributed by atoms with E-state index in [1.165, 1.54) is 23.5 Å². The lowest BCUT2D eigenvalue weighted by Gasteiger charge is -2.09. The minimum absolute atomic E-state index is 0.0776. The van der Waals surface area contributed by atoms with E-state index >= 15 is 0 Å². The molecule has 7 heteroatoms. The van der Waals surface area contributed by atoms with Crippen LogP contribution in [0, 0.1) is 10.1 Å². The van der Waals surface area contributed by atoms with Crippen molar-refractivity contribution in [1.29, 1.82) is 0 Å². The van der Waals surface area contributed by atoms with Crippen LogP contribution >= 0.6 is 11.3 Å². The average molecular weight is 388 g/mol. The zero-order chi connectivity index (χ0) is 19.3. The van der Waals surface area contributed by atoms with E-state index in [0.29, 0.717) is 6.54 Å². The molecule has 0 saturated carbocycles. The summed E-state index contributed by atoms with van der Waals surface area (Å²) in [4.78, 5) is 20.3. The first-order chi connectivity index (χ1) is 13.7. The van der Waals surface area contributed by atoms with E-state index in [1.807, 2.05) is 35.7 Å². The Hall–Kier alpha value is -3.58. The molecule has 0 radical (unpaired) electrons. The number of thiazole rings is 1. The van der Waals surface area contributed by atoms with Gasteiger partial charge < -0.3 is 4.57 Å². The molecule has 4 aromatic rings. The summed E-state index contributed by atoms with van der Waals surface area (Å²) in [7, 11) is 0. The zero-order valence-electron chi connectivity index (χ0n) is 14.8. The molecule has 0 saturated heterocycles. The van der Waals surface area contributed by atoms with Crippen molar-refractivity contribution in [2.45, 2.75) is 6.54 Å². The van der Waals surface area contributed by atoms with Gasteiger partial charge in [0.2, 0.25) is 0 Å². The van der Waals surface area contributed by atoms with Crippen LogP contribution in [-0.4, -0.2) is 14.5 Å². The van der Waals surface area contributed by atoms with Crippen LogP contribution < -0.4 is 4.80 Å². The van der Waals surface area contributed by atoms with Gasteiger partial charge in [0.1, 0.15) is 0 Å². The molecule has 0 amide bonds. The molecule has 28 heavy (non-hydrogen) atoms. The molecule has 138 valence electrons. The number of pyridine rings is 1. The molecule has 6 nitrogen and oxygen atoms in total. The van der Waals surface area contributed by atoms with Crippen molar-refractivity contribution in [2.75, 3.05) is 0 Å². The van der Waals surface area contributed by atoms with Crippen molar-refractivity contribution < 1.29 is 4.92 Å². The quantitative estimate of drug-likeness (QED) is 0.364. The van der Waals surface area contributed by atoms with Crippen LogP contribution in [0.2, 0.25) is 0 Å². The summed E-state index contributed by atoms with van der Waals surface area (Å²) in [6.45, 7) is 0.649. The largest absolute Gasteiger partial charge is 0.312 e. The molecule has 2 aromatic carbocycles. The van der Waals surface area contributed by atoms with Crippen LogP contribution in [0.15, 0.2) is 89.5 Å². The Balaban J connectivity index is 1.82. The summed E-state index contributed by atoms with van der Waals surface area (Å²) in [5, 5.41) is 13.0. The fourth-order valence-electron chi connectivity index (χ4n) is 2.85. The maximum absolute atomic E-state index is 10.9. The molecule has 4 rings (SSSR count). The molecule has 2 heterocycles. The van der Waals surface area contributed by atoms with Crippen molar-refractivity contribution in [3.05, 3.63) is 105 Å². The average Bonchev–Trinajstić information content (AvgIpc) is 3.11. The highest BCUT2D eigenvalue weighted by molar-refractivity contribution is 7.07. The van der Waals surface area contributed by atoms with Gasteiger partial charge in [-0.3, -0.25) is 15.1 Å². The Morgan fingerprint density at radius 1 is 1.04 bits per heavy atom. The molecule has 2 aromatic heterocycles. The summed E-state index contributed by atoms with van der Waals surface area (Å²) < 4.78 is 2.12. The molecular weight excluding hydrogens is 372 g/mol. The number of hydrogen-bond acceptors (Lipinski definition) is 5. The van der Waals surface area contributed by atoms with Gasteiger partial charge in [-0.2, -0.15) is 0 Å². The predicted molar refractivity (Wildman–Crippen MR) is 109 cm³/mol. The van der Waals surface area contributed by atoms with E-state index in [0.717, 1.165) is 27.3 Å². The van der Waals surface area contributed by atoms with E-state index in [-0.39, 0.29) is 5.69 Å². The molecule has 0 aliphatic carbocycles. The van der Waals surface area contributed by atoms with Crippen LogP contribution in [0.5, 0.6) is 0 Å². The van der Waals surface area contributed by atoms with Gasteiger partial charge in [0, 0.05) is 23.7 Å². The number of aromatic nitrogens is 2. The smallest absolute Gasteiger partial charge is 0.269 e. The first kappa shape index (κ1) is 17.8. The van der Waals surface area contributed by atoms with Gasteiger partial charge >= 0.3 is 0 Å². The molecular formula is C21H16N4O2S. The van der Waals surface area contributed by atoms with Gasteiger partial charge in [-0.1, -0.05) is 30.3 Å². The highest BCUT2D eigenvalue weighted by Crippen LogP contribution is 2.24. The van der Waals surface area contributed by atoms with E-state index in [4.69, 9.17) is 4.99 Å². The third kappa shape index (κ3) is 3.89. The number of rotatable bonds is 5. The summed E-state index contributed by atoms with van der Waals surface area (Å²) in [5.41, 5.74) is 3.88. The van der Waals surface area contributed by atoms with E-state index in [1.54, 1.807) is 24.5 Å². The fraction of sp³-hybridized carbons (Fsp3) is 0.0476. The Kier molecular flexibility index (Phi) is 5.07. The summed E-state index contributed by atoms with van der Waals surface area (Å²) in [5.74, 6) is 0. The topological polar surface area (TPSA) is 73.3 Å². The second-order valence-electron chi connectivity index (χ2n) is 6.10. The van der Waals surface area contributed by atoms with Crippen LogP contribution in [0.1, 0.15) is 5.56 Å². The monoisotopic (exact) mass is 388 g/mol. The van der Waals surface area contributed by atoms with E-state index in [9.17, 15) is 10.1 Å². The lowest BCUT2D eigenvalue weighted by atomic mass is 10.1. The normalized spacial score (nSPS) is 11.5. The number of nitro groups is 1. The third-order valence-electron chi connectivity index (χ3n) is 4.23. The molecule has 0 bridgehead atoms. The third-order valence-corrected chi connectivity index (χ3v) is 5.09. The molecule has 0 aliphatic rings. The number of hydrogen-bond donors (Lipinski definition) is 0. The lowest BCUT2D eigenvalue weighted by Crippen LogP contribution is -2.16. The Morgan fingerprint density at radius 3 is 2.50 bits per heavy atom. The summed E-state index contributed by atoms with van der Waals surface area (Å²) in [6.07, 6.45) is 3.44. The number of nitro benzene ring substituents is 1. The van der Waals surface area contributed by atoms with Crippen LogP contribution in [0.4, 0.5) is 11.4 Å². The summed E-state index contributed by atoms with van der Waals surface area (Å²) >= 11 is 1.53. The zero-order valence-corrected chi connectivity index (χ0v) is 15.6. The van der Waals surface area contributed by atoms with Crippen LogP contribution in [0.3, 0.4) is 0 Å². The minimum atomic E-state index is -0.390. The fourth-order valence-corrected chi connectivity index (χ4v) is 3.78. The molecule has 0 atom stereocenters. The van der Waals surface area contributed by atoms with Gasteiger partial charge in [-0.05, 0) is 35.4 Å². The van der Waals surface area contributed by atoms with Crippen molar-refractivity contribution >= 4 is 22.7 Å². The maximum Gasteiger partial charge on any atom is 0.269 e. The Labute approximate surface area is 165 Å². The van der Waals surface area contributed by atoms with Gasteiger partial charge in [0.05, 0.1) is 29.0 Å². The SMILES string of the molecule is O=[N+]([O-])c1ccc(-c2csc(=Nc3cccnc3)n2Cc2ccccc2)cc1. The summed E-state index contributed by atoms with van der Waals surface area (Å²) in [6, 6.07) is 20.5. The highest BCUT2D eigenvalue weighted by atomic mass is 32.1.